The summed E-state index contributed by atoms with van der Waals surface area (Å²) in [6, 6.07) is 6.94. The molecule has 2 aromatic rings. The normalized spacial score (nSPS) is 10.0. The fourth-order valence-corrected chi connectivity index (χ4v) is 2.05. The van der Waals surface area contributed by atoms with E-state index in [0.717, 1.165) is 5.56 Å². The molecular formula is C12H5Cl3N2. The van der Waals surface area contributed by atoms with Gasteiger partial charge in [-0.3, -0.25) is 4.98 Å². The van der Waals surface area contributed by atoms with E-state index in [1.54, 1.807) is 24.4 Å². The first-order chi connectivity index (χ1) is 8.11. The summed E-state index contributed by atoms with van der Waals surface area (Å²) in [5, 5.41) is 10.1. The number of hydrogen-bond donors (Lipinski definition) is 0. The third kappa shape index (κ3) is 2.53. The van der Waals surface area contributed by atoms with Gasteiger partial charge in [0.15, 0.2) is 0 Å². The molecule has 1 aromatic heterocycles. The molecule has 1 aromatic carbocycles. The SMILES string of the molecule is N#Cc1cncc(-c2cc(Cl)c(Cl)cc2Cl)c1. The number of aromatic nitrogens is 1. The minimum Gasteiger partial charge on any atom is -0.263 e. The van der Waals surface area contributed by atoms with Gasteiger partial charge in [0.05, 0.1) is 20.6 Å². The predicted molar refractivity (Wildman–Crippen MR) is 69.4 cm³/mol. The van der Waals surface area contributed by atoms with Gasteiger partial charge in [-0.15, -0.1) is 0 Å². The average molecular weight is 284 g/mol. The fraction of sp³-hybridized carbons (Fsp3) is 0. The van der Waals surface area contributed by atoms with Crippen molar-refractivity contribution in [3.05, 3.63) is 51.2 Å². The summed E-state index contributed by atoms with van der Waals surface area (Å²) >= 11 is 17.9. The van der Waals surface area contributed by atoms with Gasteiger partial charge in [-0.25, -0.2) is 0 Å². The number of halogens is 3. The molecule has 0 aliphatic carbocycles. The summed E-state index contributed by atoms with van der Waals surface area (Å²) < 4.78 is 0. The van der Waals surface area contributed by atoms with Crippen molar-refractivity contribution in [1.82, 2.24) is 4.98 Å². The Hall–Kier alpha value is -1.27. The molecule has 0 unspecified atom stereocenters. The lowest BCUT2D eigenvalue weighted by Gasteiger charge is -2.06. The molecule has 0 fully saturated rings. The second-order valence-electron chi connectivity index (χ2n) is 3.32. The van der Waals surface area contributed by atoms with E-state index in [9.17, 15) is 0 Å². The van der Waals surface area contributed by atoms with Crippen LogP contribution in [-0.2, 0) is 0 Å². The molecule has 1 heterocycles. The van der Waals surface area contributed by atoms with Crippen LogP contribution in [0.3, 0.4) is 0 Å². The Kier molecular flexibility index (Phi) is 3.54. The van der Waals surface area contributed by atoms with Gasteiger partial charge in [0, 0.05) is 23.5 Å². The van der Waals surface area contributed by atoms with Crippen LogP contribution in [0.1, 0.15) is 5.56 Å². The molecule has 0 spiro atoms. The molecule has 0 amide bonds. The molecule has 2 nitrogen and oxygen atoms in total. The van der Waals surface area contributed by atoms with Crippen LogP contribution in [-0.4, -0.2) is 4.98 Å². The molecule has 0 bridgehead atoms. The molecule has 5 heteroatoms. The minimum absolute atomic E-state index is 0.393. The van der Waals surface area contributed by atoms with Crippen molar-refractivity contribution in [1.29, 1.82) is 5.26 Å². The minimum atomic E-state index is 0.393. The Morgan fingerprint density at radius 1 is 0.941 bits per heavy atom. The summed E-state index contributed by atoms with van der Waals surface area (Å²) in [6.07, 6.45) is 3.10. The highest BCUT2D eigenvalue weighted by atomic mass is 35.5. The molecule has 0 radical (unpaired) electrons. The number of rotatable bonds is 1. The van der Waals surface area contributed by atoms with Gasteiger partial charge >= 0.3 is 0 Å². The zero-order valence-corrected chi connectivity index (χ0v) is 10.7. The largest absolute Gasteiger partial charge is 0.263 e. The van der Waals surface area contributed by atoms with Crippen LogP contribution in [0.15, 0.2) is 30.6 Å². The highest BCUT2D eigenvalue weighted by molar-refractivity contribution is 6.44. The Bertz CT molecular complexity index is 618. The van der Waals surface area contributed by atoms with E-state index < -0.39 is 0 Å². The molecule has 0 saturated heterocycles. The van der Waals surface area contributed by atoms with Gasteiger partial charge in [-0.2, -0.15) is 5.26 Å². The van der Waals surface area contributed by atoms with Gasteiger partial charge in [-0.05, 0) is 18.2 Å². The van der Waals surface area contributed by atoms with Crippen molar-refractivity contribution >= 4 is 34.8 Å². The lowest BCUT2D eigenvalue weighted by molar-refractivity contribution is 1.30. The highest BCUT2D eigenvalue weighted by Crippen LogP contribution is 2.35. The molecule has 17 heavy (non-hydrogen) atoms. The smallest absolute Gasteiger partial charge is 0.101 e. The van der Waals surface area contributed by atoms with Gasteiger partial charge < -0.3 is 0 Å². The maximum atomic E-state index is 8.81. The van der Waals surface area contributed by atoms with E-state index >= 15 is 0 Å². The van der Waals surface area contributed by atoms with Crippen LogP contribution in [0.2, 0.25) is 15.1 Å². The highest BCUT2D eigenvalue weighted by Gasteiger charge is 2.09. The van der Waals surface area contributed by atoms with E-state index in [1.165, 1.54) is 6.20 Å². The zero-order chi connectivity index (χ0) is 12.4. The van der Waals surface area contributed by atoms with Crippen LogP contribution in [0, 0.1) is 11.3 Å². The van der Waals surface area contributed by atoms with E-state index in [-0.39, 0.29) is 0 Å². The van der Waals surface area contributed by atoms with Gasteiger partial charge in [-0.1, -0.05) is 34.8 Å². The molecule has 2 rings (SSSR count). The van der Waals surface area contributed by atoms with E-state index in [0.29, 0.717) is 26.2 Å². The van der Waals surface area contributed by atoms with Crippen molar-refractivity contribution in [2.45, 2.75) is 0 Å². The first-order valence-corrected chi connectivity index (χ1v) is 5.75. The molecule has 0 aliphatic rings. The van der Waals surface area contributed by atoms with Crippen molar-refractivity contribution in [3.63, 3.8) is 0 Å². The number of pyridine rings is 1. The quantitative estimate of drug-likeness (QED) is 0.718. The maximum Gasteiger partial charge on any atom is 0.101 e. The average Bonchev–Trinajstić information content (AvgIpc) is 2.34. The van der Waals surface area contributed by atoms with Crippen LogP contribution in [0.5, 0.6) is 0 Å². The Morgan fingerprint density at radius 3 is 2.35 bits per heavy atom. The van der Waals surface area contributed by atoms with Crippen LogP contribution in [0.25, 0.3) is 11.1 Å². The molecule has 0 atom stereocenters. The van der Waals surface area contributed by atoms with Gasteiger partial charge in [0.25, 0.3) is 0 Å². The number of nitrogens with zero attached hydrogens (tertiary/aromatic N) is 2. The molecule has 0 saturated carbocycles. The summed E-state index contributed by atoms with van der Waals surface area (Å²) in [5.41, 5.74) is 1.89. The molecule has 84 valence electrons. The van der Waals surface area contributed by atoms with E-state index in [2.05, 4.69) is 4.98 Å². The molecule has 0 N–H and O–H groups in total. The van der Waals surface area contributed by atoms with Gasteiger partial charge in [0.2, 0.25) is 0 Å². The Morgan fingerprint density at radius 2 is 1.65 bits per heavy atom. The van der Waals surface area contributed by atoms with Crippen LogP contribution >= 0.6 is 34.8 Å². The fourth-order valence-electron chi connectivity index (χ4n) is 1.39. The topological polar surface area (TPSA) is 36.7 Å². The van der Waals surface area contributed by atoms with Crippen LogP contribution in [0.4, 0.5) is 0 Å². The third-order valence-corrected chi connectivity index (χ3v) is 3.22. The van der Waals surface area contributed by atoms with Gasteiger partial charge in [0.1, 0.15) is 6.07 Å². The summed E-state index contributed by atoms with van der Waals surface area (Å²) in [4.78, 5) is 3.97. The first-order valence-electron chi connectivity index (χ1n) is 4.62. The van der Waals surface area contributed by atoms with Crippen molar-refractivity contribution in [2.24, 2.45) is 0 Å². The van der Waals surface area contributed by atoms with Crippen LogP contribution < -0.4 is 0 Å². The Labute approximate surface area is 113 Å². The lowest BCUT2D eigenvalue weighted by Crippen LogP contribution is -1.85. The standard InChI is InChI=1S/C12H5Cl3N2/c13-10-3-12(15)11(14)2-9(10)8-1-7(4-16)5-17-6-8/h1-3,5-6H. The number of benzene rings is 1. The summed E-state index contributed by atoms with van der Waals surface area (Å²) in [6.45, 7) is 0. The Balaban J connectivity index is 2.61. The van der Waals surface area contributed by atoms with Crippen molar-refractivity contribution in [2.75, 3.05) is 0 Å². The summed E-state index contributed by atoms with van der Waals surface area (Å²) in [7, 11) is 0. The lowest BCUT2D eigenvalue weighted by atomic mass is 10.1. The van der Waals surface area contributed by atoms with E-state index in [1.807, 2.05) is 6.07 Å². The second kappa shape index (κ2) is 4.93. The van der Waals surface area contributed by atoms with E-state index in [4.69, 9.17) is 40.1 Å². The number of nitriles is 1. The zero-order valence-electron chi connectivity index (χ0n) is 8.42. The second-order valence-corrected chi connectivity index (χ2v) is 4.54. The monoisotopic (exact) mass is 282 g/mol. The molecular weight excluding hydrogens is 279 g/mol. The number of hydrogen-bond acceptors (Lipinski definition) is 2. The van der Waals surface area contributed by atoms with Crippen molar-refractivity contribution in [3.8, 4) is 17.2 Å². The van der Waals surface area contributed by atoms with Crippen molar-refractivity contribution < 1.29 is 0 Å². The molecule has 0 aliphatic heterocycles. The first kappa shape index (κ1) is 12.2. The third-order valence-electron chi connectivity index (χ3n) is 2.19. The summed E-state index contributed by atoms with van der Waals surface area (Å²) in [5.74, 6) is 0. The predicted octanol–water partition coefficient (Wildman–Crippen LogP) is 4.58. The maximum absolute atomic E-state index is 8.81.